The fraction of sp³-hybridized carbons (Fsp3) is 0.632. The molecule has 2 aliphatic heterocycles. The molecule has 148 valence electrons. The predicted molar refractivity (Wildman–Crippen MR) is 99.2 cm³/mol. The molecule has 1 aromatic rings. The van der Waals surface area contributed by atoms with Gasteiger partial charge in [0.1, 0.15) is 0 Å². The van der Waals surface area contributed by atoms with E-state index in [1.54, 1.807) is 40.9 Å². The highest BCUT2D eigenvalue weighted by atomic mass is 16.3. The van der Waals surface area contributed by atoms with Crippen LogP contribution < -0.4 is 0 Å². The van der Waals surface area contributed by atoms with Crippen molar-refractivity contribution in [1.82, 2.24) is 19.6 Å². The predicted octanol–water partition coefficient (Wildman–Crippen LogP) is 1.35. The molecule has 4 amide bonds. The van der Waals surface area contributed by atoms with Gasteiger partial charge in [-0.2, -0.15) is 0 Å². The van der Waals surface area contributed by atoms with Gasteiger partial charge in [0, 0.05) is 53.4 Å². The molecule has 0 aliphatic carbocycles. The fourth-order valence-electron chi connectivity index (χ4n) is 3.79. The first-order chi connectivity index (χ1) is 13.0. The Bertz CT molecular complexity index is 673. The molecular formula is C19H28N4O4. The summed E-state index contributed by atoms with van der Waals surface area (Å²) < 4.78 is 5.20. The van der Waals surface area contributed by atoms with Gasteiger partial charge in [0.15, 0.2) is 5.76 Å². The number of carbonyl (C=O) groups excluding carboxylic acids is 3. The molecule has 3 heterocycles. The van der Waals surface area contributed by atoms with E-state index < -0.39 is 0 Å². The van der Waals surface area contributed by atoms with Gasteiger partial charge < -0.3 is 24.0 Å². The molecule has 0 saturated carbocycles. The van der Waals surface area contributed by atoms with E-state index in [0.29, 0.717) is 45.0 Å². The van der Waals surface area contributed by atoms with E-state index in [9.17, 15) is 14.4 Å². The SMILES string of the molecule is CN(C)C(=O)N1CCC[C@H](C(=O)N2CCCN(C(=O)c3ccco3)CC2)C1. The van der Waals surface area contributed by atoms with E-state index in [1.807, 2.05) is 4.90 Å². The summed E-state index contributed by atoms with van der Waals surface area (Å²) in [6.45, 7) is 3.44. The molecule has 0 aromatic carbocycles. The van der Waals surface area contributed by atoms with Crippen LogP contribution in [0.3, 0.4) is 0 Å². The molecule has 2 saturated heterocycles. The van der Waals surface area contributed by atoms with Gasteiger partial charge in [0.25, 0.3) is 5.91 Å². The van der Waals surface area contributed by atoms with E-state index in [4.69, 9.17) is 4.42 Å². The van der Waals surface area contributed by atoms with Gasteiger partial charge in [-0.05, 0) is 31.4 Å². The third-order valence-electron chi connectivity index (χ3n) is 5.25. The molecule has 8 nitrogen and oxygen atoms in total. The minimum Gasteiger partial charge on any atom is -0.459 e. The highest BCUT2D eigenvalue weighted by molar-refractivity contribution is 5.91. The van der Waals surface area contributed by atoms with Crippen molar-refractivity contribution in [1.29, 1.82) is 0 Å². The Balaban J connectivity index is 1.57. The van der Waals surface area contributed by atoms with Crippen molar-refractivity contribution in [3.05, 3.63) is 24.2 Å². The lowest BCUT2D eigenvalue weighted by atomic mass is 9.96. The van der Waals surface area contributed by atoms with E-state index in [1.165, 1.54) is 6.26 Å². The van der Waals surface area contributed by atoms with Crippen LogP contribution >= 0.6 is 0 Å². The summed E-state index contributed by atoms with van der Waals surface area (Å²) in [6.07, 6.45) is 3.88. The quantitative estimate of drug-likeness (QED) is 0.781. The van der Waals surface area contributed by atoms with Crippen LogP contribution in [0.15, 0.2) is 22.8 Å². The van der Waals surface area contributed by atoms with Crippen LogP contribution in [-0.4, -0.2) is 90.8 Å². The molecule has 2 fully saturated rings. The van der Waals surface area contributed by atoms with Crippen LogP contribution in [0.4, 0.5) is 4.79 Å². The van der Waals surface area contributed by atoms with Gasteiger partial charge in [0.2, 0.25) is 5.91 Å². The van der Waals surface area contributed by atoms with Crippen LogP contribution in [0.5, 0.6) is 0 Å². The van der Waals surface area contributed by atoms with Crippen LogP contribution in [-0.2, 0) is 4.79 Å². The molecular weight excluding hydrogens is 348 g/mol. The van der Waals surface area contributed by atoms with Crippen molar-refractivity contribution in [2.45, 2.75) is 19.3 Å². The first-order valence-electron chi connectivity index (χ1n) is 9.55. The maximum atomic E-state index is 13.0. The highest BCUT2D eigenvalue weighted by Crippen LogP contribution is 2.21. The summed E-state index contributed by atoms with van der Waals surface area (Å²) in [5.41, 5.74) is 0. The summed E-state index contributed by atoms with van der Waals surface area (Å²) in [6, 6.07) is 3.32. The number of furan rings is 1. The number of piperidine rings is 1. The van der Waals surface area contributed by atoms with E-state index in [0.717, 1.165) is 19.3 Å². The molecule has 0 bridgehead atoms. The minimum atomic E-state index is -0.157. The number of urea groups is 1. The molecule has 3 rings (SSSR count). The van der Waals surface area contributed by atoms with Crippen molar-refractivity contribution in [3.63, 3.8) is 0 Å². The monoisotopic (exact) mass is 376 g/mol. The van der Waals surface area contributed by atoms with Gasteiger partial charge in [-0.1, -0.05) is 0 Å². The fourth-order valence-corrected chi connectivity index (χ4v) is 3.79. The first-order valence-corrected chi connectivity index (χ1v) is 9.55. The highest BCUT2D eigenvalue weighted by Gasteiger charge is 2.33. The molecule has 8 heteroatoms. The number of nitrogens with zero attached hydrogens (tertiary/aromatic N) is 4. The van der Waals surface area contributed by atoms with Gasteiger partial charge in [-0.15, -0.1) is 0 Å². The molecule has 0 N–H and O–H groups in total. The van der Waals surface area contributed by atoms with Crippen molar-refractivity contribution in [3.8, 4) is 0 Å². The summed E-state index contributed by atoms with van der Waals surface area (Å²) in [4.78, 5) is 44.6. The van der Waals surface area contributed by atoms with Crippen molar-refractivity contribution in [2.75, 3.05) is 53.4 Å². The number of amides is 4. The number of hydrogen-bond donors (Lipinski definition) is 0. The molecule has 0 spiro atoms. The standard InChI is InChI=1S/C19H28N4O4/c1-20(2)19(26)23-8-3-6-15(14-23)17(24)21-9-5-10-22(12-11-21)18(25)16-7-4-13-27-16/h4,7,13,15H,3,5-6,8-12,14H2,1-2H3/t15-/m0/s1. The number of likely N-dealkylation sites (tertiary alicyclic amines) is 1. The van der Waals surface area contributed by atoms with Crippen molar-refractivity contribution in [2.24, 2.45) is 5.92 Å². The Morgan fingerprint density at radius 2 is 1.70 bits per heavy atom. The molecule has 0 radical (unpaired) electrons. The van der Waals surface area contributed by atoms with E-state index >= 15 is 0 Å². The summed E-state index contributed by atoms with van der Waals surface area (Å²) >= 11 is 0. The Labute approximate surface area is 159 Å². The first kappa shape index (κ1) is 19.3. The second-order valence-corrected chi connectivity index (χ2v) is 7.41. The average Bonchev–Trinajstić information content (AvgIpc) is 3.11. The number of rotatable bonds is 2. The maximum Gasteiger partial charge on any atom is 0.319 e. The maximum absolute atomic E-state index is 13.0. The number of hydrogen-bond acceptors (Lipinski definition) is 4. The lowest BCUT2D eigenvalue weighted by Crippen LogP contribution is -2.49. The zero-order valence-corrected chi connectivity index (χ0v) is 16.1. The third-order valence-corrected chi connectivity index (χ3v) is 5.25. The average molecular weight is 376 g/mol. The summed E-state index contributed by atoms with van der Waals surface area (Å²) in [5, 5.41) is 0. The molecule has 27 heavy (non-hydrogen) atoms. The summed E-state index contributed by atoms with van der Waals surface area (Å²) in [7, 11) is 3.46. The zero-order chi connectivity index (χ0) is 19.4. The molecule has 1 aromatic heterocycles. The topological polar surface area (TPSA) is 77.3 Å². The Morgan fingerprint density at radius 1 is 1.00 bits per heavy atom. The Kier molecular flexibility index (Phi) is 6.03. The zero-order valence-electron chi connectivity index (χ0n) is 16.1. The second kappa shape index (κ2) is 8.45. The van der Waals surface area contributed by atoms with Gasteiger partial charge in [-0.25, -0.2) is 4.79 Å². The molecule has 1 atom stereocenters. The lowest BCUT2D eigenvalue weighted by Gasteiger charge is -2.35. The molecule has 0 unspecified atom stereocenters. The largest absolute Gasteiger partial charge is 0.459 e. The van der Waals surface area contributed by atoms with Gasteiger partial charge in [-0.3, -0.25) is 9.59 Å². The second-order valence-electron chi connectivity index (χ2n) is 7.41. The van der Waals surface area contributed by atoms with Crippen LogP contribution in [0.2, 0.25) is 0 Å². The van der Waals surface area contributed by atoms with E-state index in [-0.39, 0.29) is 23.8 Å². The van der Waals surface area contributed by atoms with Crippen molar-refractivity contribution >= 4 is 17.8 Å². The minimum absolute atomic E-state index is 0.0430. The molecule has 2 aliphatic rings. The van der Waals surface area contributed by atoms with Crippen molar-refractivity contribution < 1.29 is 18.8 Å². The van der Waals surface area contributed by atoms with Crippen LogP contribution in [0.25, 0.3) is 0 Å². The Hall–Kier alpha value is -2.51. The lowest BCUT2D eigenvalue weighted by molar-refractivity contribution is -0.136. The van der Waals surface area contributed by atoms with E-state index in [2.05, 4.69) is 0 Å². The van der Waals surface area contributed by atoms with Gasteiger partial charge in [0.05, 0.1) is 12.2 Å². The number of carbonyl (C=O) groups is 3. The summed E-state index contributed by atoms with van der Waals surface area (Å²) in [5.74, 6) is 0.142. The smallest absolute Gasteiger partial charge is 0.319 e. The van der Waals surface area contributed by atoms with Crippen LogP contribution in [0, 0.1) is 5.92 Å². The van der Waals surface area contributed by atoms with Gasteiger partial charge >= 0.3 is 6.03 Å². The van der Waals surface area contributed by atoms with Crippen LogP contribution in [0.1, 0.15) is 29.8 Å². The third kappa shape index (κ3) is 4.43. The normalized spacial score (nSPS) is 21.0. The Morgan fingerprint density at radius 3 is 2.41 bits per heavy atom.